The van der Waals surface area contributed by atoms with Gasteiger partial charge in [-0.05, 0) is 73.2 Å². The molecule has 0 spiro atoms. The summed E-state index contributed by atoms with van der Waals surface area (Å²) in [7, 11) is 0. The van der Waals surface area contributed by atoms with Gasteiger partial charge in [-0.3, -0.25) is 4.79 Å². The smallest absolute Gasteiger partial charge is 0.323 e. The van der Waals surface area contributed by atoms with E-state index in [0.717, 1.165) is 34.3 Å². The van der Waals surface area contributed by atoms with Gasteiger partial charge in [0.05, 0.1) is 16.9 Å². The Kier molecular flexibility index (Phi) is 6.18. The molecule has 0 aliphatic carbocycles. The van der Waals surface area contributed by atoms with Crippen molar-refractivity contribution < 1.29 is 14.0 Å². The maximum atomic E-state index is 14.0. The quantitative estimate of drug-likeness (QED) is 0.190. The van der Waals surface area contributed by atoms with Gasteiger partial charge in [0.25, 0.3) is 5.91 Å². The lowest BCUT2D eigenvalue weighted by Crippen LogP contribution is -2.20. The van der Waals surface area contributed by atoms with E-state index < -0.39 is 11.8 Å². The maximum Gasteiger partial charge on any atom is 0.323 e. The topological polar surface area (TPSA) is 98.0 Å². The molecular formula is C27H21ClFN5O2. The van der Waals surface area contributed by atoms with Crippen molar-refractivity contribution in [2.45, 2.75) is 6.92 Å². The van der Waals surface area contributed by atoms with Crippen LogP contribution < -0.4 is 21.3 Å². The van der Waals surface area contributed by atoms with Crippen molar-refractivity contribution in [3.05, 3.63) is 101 Å². The zero-order chi connectivity index (χ0) is 25.2. The third kappa shape index (κ3) is 4.94. The number of aromatic nitrogens is 1. The number of hydrogen-bond acceptors (Lipinski definition) is 3. The lowest BCUT2D eigenvalue weighted by molar-refractivity contribution is -0.110. The van der Waals surface area contributed by atoms with Gasteiger partial charge in [-0.25, -0.2) is 9.18 Å². The number of amides is 3. The van der Waals surface area contributed by atoms with Gasteiger partial charge in [-0.2, -0.15) is 0 Å². The molecule has 0 radical (unpaired) electrons. The molecule has 4 aromatic rings. The molecule has 3 aromatic carbocycles. The number of hydrogen-bond donors (Lipinski definition) is 5. The molecule has 0 atom stereocenters. The largest absolute Gasteiger partial charge is 0.362 e. The van der Waals surface area contributed by atoms with E-state index in [2.05, 4.69) is 26.3 Å². The van der Waals surface area contributed by atoms with E-state index in [9.17, 15) is 14.0 Å². The predicted octanol–water partition coefficient (Wildman–Crippen LogP) is 7.00. The first-order valence-corrected chi connectivity index (χ1v) is 11.4. The van der Waals surface area contributed by atoms with Gasteiger partial charge in [-0.1, -0.05) is 23.7 Å². The van der Waals surface area contributed by atoms with Crippen molar-refractivity contribution in [1.29, 1.82) is 0 Å². The standard InChI is InChI=1S/C27H21ClFN5O2/c1-15-4-6-19(32-27(36)34-23-9-5-16(28)11-22(23)29)13-24(15)31-18-7-8-20-21(12-17-3-2-10-30-17)26(35)33-25(20)14-18/h2-14,30-31H,1H3,(H,33,35)(H2,32,34,36)/b21-12-. The Labute approximate surface area is 211 Å². The highest BCUT2D eigenvalue weighted by molar-refractivity contribution is 6.35. The van der Waals surface area contributed by atoms with E-state index in [-0.39, 0.29) is 16.6 Å². The van der Waals surface area contributed by atoms with E-state index in [1.54, 1.807) is 18.3 Å². The highest BCUT2D eigenvalue weighted by Crippen LogP contribution is 2.36. The lowest BCUT2D eigenvalue weighted by atomic mass is 10.1. The maximum absolute atomic E-state index is 14.0. The van der Waals surface area contributed by atoms with E-state index in [1.165, 1.54) is 12.1 Å². The molecule has 5 rings (SSSR count). The van der Waals surface area contributed by atoms with Crippen molar-refractivity contribution in [2.24, 2.45) is 0 Å². The number of benzene rings is 3. The molecular weight excluding hydrogens is 481 g/mol. The number of carbonyl (C=O) groups excluding carboxylic acids is 2. The summed E-state index contributed by atoms with van der Waals surface area (Å²) < 4.78 is 14.0. The molecule has 5 N–H and O–H groups in total. The second-order valence-electron chi connectivity index (χ2n) is 8.26. The van der Waals surface area contributed by atoms with Gasteiger partial charge in [0.2, 0.25) is 0 Å². The molecule has 0 unspecified atom stereocenters. The second-order valence-corrected chi connectivity index (χ2v) is 8.69. The van der Waals surface area contributed by atoms with Crippen molar-refractivity contribution in [1.82, 2.24) is 4.98 Å². The summed E-state index contributed by atoms with van der Waals surface area (Å²) in [5.74, 6) is -0.791. The van der Waals surface area contributed by atoms with Crippen LogP contribution in [-0.4, -0.2) is 16.9 Å². The number of nitrogens with one attached hydrogen (secondary N) is 5. The van der Waals surface area contributed by atoms with Crippen molar-refractivity contribution >= 4 is 63.6 Å². The van der Waals surface area contributed by atoms with Gasteiger partial charge in [-0.15, -0.1) is 0 Å². The number of halogens is 2. The van der Waals surface area contributed by atoms with Crippen LogP contribution in [0.15, 0.2) is 72.9 Å². The summed E-state index contributed by atoms with van der Waals surface area (Å²) in [6.45, 7) is 1.93. The Morgan fingerprint density at radius 2 is 1.81 bits per heavy atom. The predicted molar refractivity (Wildman–Crippen MR) is 142 cm³/mol. The molecule has 0 bridgehead atoms. The monoisotopic (exact) mass is 501 g/mol. The third-order valence-electron chi connectivity index (χ3n) is 5.68. The summed E-state index contributed by atoms with van der Waals surface area (Å²) in [5.41, 5.74) is 5.97. The van der Waals surface area contributed by atoms with Crippen LogP contribution in [0.1, 0.15) is 16.8 Å². The highest BCUT2D eigenvalue weighted by atomic mass is 35.5. The molecule has 1 aliphatic rings. The molecule has 0 fully saturated rings. The van der Waals surface area contributed by atoms with Crippen LogP contribution >= 0.6 is 11.6 Å². The Hall–Kier alpha value is -4.56. The van der Waals surface area contributed by atoms with Crippen LogP contribution in [0, 0.1) is 12.7 Å². The molecule has 1 aromatic heterocycles. The number of aryl methyl sites for hydroxylation is 1. The summed E-state index contributed by atoms with van der Waals surface area (Å²) in [4.78, 5) is 28.0. The summed E-state index contributed by atoms with van der Waals surface area (Å²) in [6, 6.07) is 18.2. The summed E-state index contributed by atoms with van der Waals surface area (Å²) in [5, 5.41) is 11.7. The SMILES string of the molecule is Cc1ccc(NC(=O)Nc2ccc(Cl)cc2F)cc1Nc1ccc2c(c1)NC(=O)/C2=C\c1ccc[nH]1. The Morgan fingerprint density at radius 3 is 2.58 bits per heavy atom. The summed E-state index contributed by atoms with van der Waals surface area (Å²) >= 11 is 5.76. The first-order valence-electron chi connectivity index (χ1n) is 11.1. The van der Waals surface area contributed by atoms with Crippen LogP contribution in [0.25, 0.3) is 11.6 Å². The number of fused-ring (bicyclic) bond motifs is 1. The minimum Gasteiger partial charge on any atom is -0.362 e. The van der Waals surface area contributed by atoms with Crippen LogP contribution in [0.5, 0.6) is 0 Å². The number of carbonyl (C=O) groups is 2. The van der Waals surface area contributed by atoms with Crippen LogP contribution in [0.4, 0.5) is 37.6 Å². The van der Waals surface area contributed by atoms with Gasteiger partial charge in [0.1, 0.15) is 5.82 Å². The van der Waals surface area contributed by atoms with Crippen molar-refractivity contribution in [2.75, 3.05) is 21.3 Å². The molecule has 180 valence electrons. The molecule has 0 saturated heterocycles. The zero-order valence-electron chi connectivity index (χ0n) is 19.1. The Bertz CT molecular complexity index is 1510. The van der Waals surface area contributed by atoms with Crippen LogP contribution in [0.3, 0.4) is 0 Å². The lowest BCUT2D eigenvalue weighted by Gasteiger charge is -2.14. The fourth-order valence-corrected chi connectivity index (χ4v) is 4.03. The van der Waals surface area contributed by atoms with Gasteiger partial charge >= 0.3 is 6.03 Å². The molecule has 9 heteroatoms. The number of rotatable bonds is 5. The van der Waals surface area contributed by atoms with Crippen LogP contribution in [-0.2, 0) is 4.79 Å². The fourth-order valence-electron chi connectivity index (χ4n) is 3.87. The summed E-state index contributed by atoms with van der Waals surface area (Å²) in [6.07, 6.45) is 3.62. The van der Waals surface area contributed by atoms with E-state index >= 15 is 0 Å². The molecule has 0 saturated carbocycles. The number of anilines is 5. The number of urea groups is 1. The average molecular weight is 502 g/mol. The normalized spacial score (nSPS) is 13.3. The van der Waals surface area contributed by atoms with Crippen molar-refractivity contribution in [3.63, 3.8) is 0 Å². The molecule has 1 aliphatic heterocycles. The first kappa shape index (κ1) is 23.2. The minimum atomic E-state index is -0.626. The Balaban J connectivity index is 1.31. The zero-order valence-corrected chi connectivity index (χ0v) is 19.8. The van der Waals surface area contributed by atoms with Gasteiger partial charge in [0.15, 0.2) is 0 Å². The van der Waals surface area contributed by atoms with E-state index in [1.807, 2.05) is 49.4 Å². The molecule has 3 amide bonds. The van der Waals surface area contributed by atoms with E-state index in [0.29, 0.717) is 16.9 Å². The average Bonchev–Trinajstić information content (AvgIpc) is 3.46. The first-order chi connectivity index (χ1) is 17.4. The van der Waals surface area contributed by atoms with Gasteiger partial charge in [0, 0.05) is 39.5 Å². The molecule has 36 heavy (non-hydrogen) atoms. The second kappa shape index (κ2) is 9.59. The molecule has 7 nitrogen and oxygen atoms in total. The van der Waals surface area contributed by atoms with Crippen LogP contribution in [0.2, 0.25) is 5.02 Å². The Morgan fingerprint density at radius 1 is 0.972 bits per heavy atom. The number of aromatic amines is 1. The fraction of sp³-hybridized carbons (Fsp3) is 0.0370. The minimum absolute atomic E-state index is 0.0206. The third-order valence-corrected chi connectivity index (χ3v) is 5.91. The van der Waals surface area contributed by atoms with Crippen molar-refractivity contribution in [3.8, 4) is 0 Å². The van der Waals surface area contributed by atoms with Gasteiger partial charge < -0.3 is 26.3 Å². The highest BCUT2D eigenvalue weighted by Gasteiger charge is 2.24. The van der Waals surface area contributed by atoms with E-state index in [4.69, 9.17) is 11.6 Å². The molecule has 2 heterocycles. The number of H-pyrrole nitrogens is 1.